The van der Waals surface area contributed by atoms with Gasteiger partial charge in [0.1, 0.15) is 0 Å². The summed E-state index contributed by atoms with van der Waals surface area (Å²) in [5, 5.41) is 0. The van der Waals surface area contributed by atoms with E-state index in [1.54, 1.807) is 18.2 Å². The molecule has 20 heavy (non-hydrogen) atoms. The van der Waals surface area contributed by atoms with Gasteiger partial charge < -0.3 is 13.3 Å². The molecule has 1 aromatic carbocycles. The number of hydrogen-bond donors (Lipinski definition) is 0. The van der Waals surface area contributed by atoms with Gasteiger partial charge in [0.05, 0.1) is 11.1 Å². The Morgan fingerprint density at radius 1 is 1.10 bits per heavy atom. The molecule has 7 heteroatoms. The van der Waals surface area contributed by atoms with Crippen LogP contribution in [-0.4, -0.2) is 46.7 Å². The van der Waals surface area contributed by atoms with Crippen LogP contribution in [0.15, 0.2) is 24.8 Å². The van der Waals surface area contributed by atoms with Crippen LogP contribution < -0.4 is 0 Å². The molecule has 0 fully saturated rings. The fourth-order valence-corrected chi connectivity index (χ4v) is 4.03. The molecule has 0 aromatic heterocycles. The van der Waals surface area contributed by atoms with E-state index < -0.39 is 20.8 Å². The van der Waals surface area contributed by atoms with Crippen molar-refractivity contribution in [2.45, 2.75) is 0 Å². The molecule has 2 rings (SSSR count). The molecular weight excluding hydrogens is 278 g/mol. The van der Waals surface area contributed by atoms with Crippen molar-refractivity contribution < 1.29 is 22.9 Å². The zero-order valence-corrected chi connectivity index (χ0v) is 12.5. The first kappa shape index (κ1) is 14.6. The third-order valence-corrected chi connectivity index (χ3v) is 5.72. The molecule has 0 unspecified atom stereocenters. The molecule has 2 amide bonds. The van der Waals surface area contributed by atoms with E-state index in [4.69, 9.17) is 13.3 Å². The quantitative estimate of drug-likeness (QED) is 0.605. The number of carbonyl (C=O) groups is 2. The first-order valence-electron chi connectivity index (χ1n) is 5.86. The molecule has 1 heterocycles. The number of imide groups is 1. The first-order chi connectivity index (χ1) is 9.56. The molecule has 0 radical (unpaired) electrons. The predicted molar refractivity (Wildman–Crippen MR) is 73.8 cm³/mol. The van der Waals surface area contributed by atoms with Crippen molar-refractivity contribution in [1.82, 2.24) is 4.57 Å². The molecule has 106 valence electrons. The van der Waals surface area contributed by atoms with Crippen LogP contribution >= 0.6 is 0 Å². The molecule has 0 spiro atoms. The lowest BCUT2D eigenvalue weighted by atomic mass is 10.0. The lowest BCUT2D eigenvalue weighted by molar-refractivity contribution is 0.0422. The van der Waals surface area contributed by atoms with Crippen LogP contribution in [0, 0.1) is 0 Å². The van der Waals surface area contributed by atoms with Gasteiger partial charge in [0.25, 0.3) is 11.8 Å². The van der Waals surface area contributed by atoms with Crippen molar-refractivity contribution >= 4 is 26.9 Å². The summed E-state index contributed by atoms with van der Waals surface area (Å²) in [4.78, 5) is 25.0. The van der Waals surface area contributed by atoms with Crippen molar-refractivity contribution in [2.24, 2.45) is 0 Å². The Bertz CT molecular complexity index is 574. The molecule has 6 nitrogen and oxygen atoms in total. The topological polar surface area (TPSA) is 65.1 Å². The summed E-state index contributed by atoms with van der Waals surface area (Å²) in [6, 6.07) is 5.00. The maximum absolute atomic E-state index is 12.6. The number of benzene rings is 1. The van der Waals surface area contributed by atoms with Gasteiger partial charge in [0, 0.05) is 21.3 Å². The van der Waals surface area contributed by atoms with Gasteiger partial charge in [-0.2, -0.15) is 0 Å². The molecule has 0 aliphatic carbocycles. The lowest BCUT2D eigenvalue weighted by Crippen LogP contribution is -2.61. The lowest BCUT2D eigenvalue weighted by Gasteiger charge is -2.30. The normalized spacial score (nSPS) is 14.7. The van der Waals surface area contributed by atoms with Crippen LogP contribution in [0.5, 0.6) is 0 Å². The summed E-state index contributed by atoms with van der Waals surface area (Å²) in [6.07, 6.45) is 1.53. The van der Waals surface area contributed by atoms with E-state index in [9.17, 15) is 9.59 Å². The largest absolute Gasteiger partial charge is 0.642 e. The predicted octanol–water partition coefficient (Wildman–Crippen LogP) is 1.30. The maximum atomic E-state index is 12.6. The van der Waals surface area contributed by atoms with Gasteiger partial charge in [-0.05, 0) is 11.6 Å². The second kappa shape index (κ2) is 5.29. The molecule has 0 saturated heterocycles. The van der Waals surface area contributed by atoms with Crippen LogP contribution in [0.1, 0.15) is 26.3 Å². The number of amides is 2. The van der Waals surface area contributed by atoms with E-state index in [0.29, 0.717) is 16.7 Å². The molecular formula is C13H15NO5Si. The highest BCUT2D eigenvalue weighted by molar-refractivity contribution is 6.66. The van der Waals surface area contributed by atoms with E-state index in [1.165, 1.54) is 27.4 Å². The Kier molecular flexibility index (Phi) is 3.86. The summed E-state index contributed by atoms with van der Waals surface area (Å²) in [6.45, 7) is 3.65. The highest BCUT2D eigenvalue weighted by Crippen LogP contribution is 2.31. The molecule has 1 aliphatic rings. The van der Waals surface area contributed by atoms with E-state index in [1.807, 2.05) is 0 Å². The summed E-state index contributed by atoms with van der Waals surface area (Å²) >= 11 is 0. The van der Waals surface area contributed by atoms with Crippen LogP contribution in [0.2, 0.25) is 0 Å². The van der Waals surface area contributed by atoms with E-state index in [2.05, 4.69) is 6.58 Å². The fraction of sp³-hybridized carbons (Fsp3) is 0.231. The van der Waals surface area contributed by atoms with Crippen molar-refractivity contribution in [3.8, 4) is 0 Å². The average molecular weight is 293 g/mol. The summed E-state index contributed by atoms with van der Waals surface area (Å²) in [5.41, 5.74) is 1.19. The van der Waals surface area contributed by atoms with E-state index >= 15 is 0 Å². The minimum Gasteiger partial charge on any atom is -0.359 e. The fourth-order valence-electron chi connectivity index (χ4n) is 2.25. The van der Waals surface area contributed by atoms with Gasteiger partial charge in [-0.15, -0.1) is 0 Å². The number of nitrogens with zero attached hydrogens (tertiary/aromatic N) is 1. The van der Waals surface area contributed by atoms with Crippen molar-refractivity contribution in [2.75, 3.05) is 21.3 Å². The summed E-state index contributed by atoms with van der Waals surface area (Å²) in [5.74, 6) is -0.969. The Morgan fingerprint density at radius 3 is 2.20 bits per heavy atom. The number of carbonyl (C=O) groups excluding carboxylic acids is 2. The summed E-state index contributed by atoms with van der Waals surface area (Å²) < 4.78 is 16.6. The van der Waals surface area contributed by atoms with Gasteiger partial charge in [-0.3, -0.25) is 9.59 Å². The molecule has 0 N–H and O–H groups in total. The molecule has 0 bridgehead atoms. The van der Waals surface area contributed by atoms with Crippen LogP contribution in [0.3, 0.4) is 0 Å². The minimum atomic E-state index is -3.54. The number of fused-ring (bicyclic) bond motifs is 1. The van der Waals surface area contributed by atoms with Crippen molar-refractivity contribution in [3.05, 3.63) is 41.5 Å². The Morgan fingerprint density at radius 2 is 1.70 bits per heavy atom. The number of hydrogen-bond acceptors (Lipinski definition) is 5. The van der Waals surface area contributed by atoms with Crippen LogP contribution in [0.4, 0.5) is 0 Å². The molecule has 1 aliphatic heterocycles. The van der Waals surface area contributed by atoms with Crippen LogP contribution in [-0.2, 0) is 13.3 Å². The summed E-state index contributed by atoms with van der Waals surface area (Å²) in [7, 11) is 0.489. The smallest absolute Gasteiger partial charge is 0.359 e. The second-order valence-electron chi connectivity index (χ2n) is 4.06. The van der Waals surface area contributed by atoms with E-state index in [-0.39, 0.29) is 0 Å². The van der Waals surface area contributed by atoms with Gasteiger partial charge in [0.2, 0.25) is 0 Å². The Labute approximate surface area is 118 Å². The monoisotopic (exact) mass is 293 g/mol. The highest BCUT2D eigenvalue weighted by Gasteiger charge is 2.57. The second-order valence-corrected chi connectivity index (χ2v) is 6.78. The van der Waals surface area contributed by atoms with Gasteiger partial charge in [-0.25, -0.2) is 4.57 Å². The average Bonchev–Trinajstić information content (AvgIpc) is 2.75. The third-order valence-electron chi connectivity index (χ3n) is 3.21. The van der Waals surface area contributed by atoms with E-state index in [0.717, 1.165) is 4.57 Å². The third kappa shape index (κ3) is 1.83. The number of rotatable bonds is 5. The molecule has 0 saturated carbocycles. The van der Waals surface area contributed by atoms with Gasteiger partial charge in [-0.1, -0.05) is 24.8 Å². The minimum absolute atomic E-state index is 0.301. The molecule has 0 atom stereocenters. The molecule has 1 aromatic rings. The van der Waals surface area contributed by atoms with Gasteiger partial charge >= 0.3 is 8.97 Å². The highest BCUT2D eigenvalue weighted by atomic mass is 28.4. The Balaban J connectivity index is 2.60. The maximum Gasteiger partial charge on any atom is 0.642 e. The van der Waals surface area contributed by atoms with Crippen molar-refractivity contribution in [1.29, 1.82) is 0 Å². The zero-order valence-electron chi connectivity index (χ0n) is 11.5. The zero-order chi connectivity index (χ0) is 14.9. The first-order valence-corrected chi connectivity index (χ1v) is 7.53. The SMILES string of the molecule is C=Cc1cccc2c1C(=O)N([Si](OC)(OC)OC)C2=O. The Hall–Kier alpha value is -1.80. The van der Waals surface area contributed by atoms with Gasteiger partial charge in [0.15, 0.2) is 0 Å². The van der Waals surface area contributed by atoms with Crippen molar-refractivity contribution in [3.63, 3.8) is 0 Å². The standard InChI is InChI=1S/C13H15NO5Si/c1-5-9-7-6-8-10-11(9)13(16)14(12(10)15)20(17-2,18-3)19-4/h5-8H,1H2,2-4H3. The van der Waals surface area contributed by atoms with Crippen LogP contribution in [0.25, 0.3) is 6.08 Å².